The number of unbranched alkanes of at least 4 members (excludes halogenated alkanes) is 1. The van der Waals surface area contributed by atoms with Crippen LogP contribution in [0, 0.1) is 5.92 Å². The molecular formula is C13H25N3O2S. The Kier molecular flexibility index (Phi) is 6.03. The van der Waals surface area contributed by atoms with Crippen LogP contribution in [0.15, 0.2) is 17.2 Å². The molecule has 5 nitrogen and oxygen atoms in total. The molecule has 0 atom stereocenters. The maximum atomic E-state index is 12.0. The van der Waals surface area contributed by atoms with Crippen molar-refractivity contribution >= 4 is 10.0 Å². The summed E-state index contributed by atoms with van der Waals surface area (Å²) in [5.74, 6) is 0.665. The van der Waals surface area contributed by atoms with Gasteiger partial charge in [-0.1, -0.05) is 26.7 Å². The van der Waals surface area contributed by atoms with E-state index in [2.05, 4.69) is 18.6 Å². The number of nitrogens with two attached hydrogens (primary N) is 1. The Morgan fingerprint density at radius 2 is 2.05 bits per heavy atom. The highest BCUT2D eigenvalue weighted by Crippen LogP contribution is 2.13. The topological polar surface area (TPSA) is 77.1 Å². The van der Waals surface area contributed by atoms with Gasteiger partial charge in [-0.05, 0) is 18.4 Å². The van der Waals surface area contributed by atoms with Crippen molar-refractivity contribution in [3.05, 3.63) is 18.0 Å². The van der Waals surface area contributed by atoms with E-state index in [0.29, 0.717) is 23.9 Å². The van der Waals surface area contributed by atoms with Crippen LogP contribution in [-0.4, -0.2) is 19.5 Å². The summed E-state index contributed by atoms with van der Waals surface area (Å²) in [7, 11) is -1.60. The SMILES string of the molecule is CC(C)CCCCNS(=O)(=O)c1cc(CN)n(C)c1. The second-order valence-corrected chi connectivity index (χ2v) is 7.04. The molecule has 0 unspecified atom stereocenters. The van der Waals surface area contributed by atoms with Crippen LogP contribution in [0.5, 0.6) is 0 Å². The van der Waals surface area contributed by atoms with Crippen LogP contribution in [0.25, 0.3) is 0 Å². The Morgan fingerprint density at radius 3 is 2.58 bits per heavy atom. The molecule has 0 saturated heterocycles. The second kappa shape index (κ2) is 7.07. The molecule has 19 heavy (non-hydrogen) atoms. The normalized spacial score (nSPS) is 12.3. The summed E-state index contributed by atoms with van der Waals surface area (Å²) in [4.78, 5) is 0.291. The van der Waals surface area contributed by atoms with E-state index < -0.39 is 10.0 Å². The van der Waals surface area contributed by atoms with E-state index in [4.69, 9.17) is 5.73 Å². The van der Waals surface area contributed by atoms with Gasteiger partial charge < -0.3 is 10.3 Å². The highest BCUT2D eigenvalue weighted by molar-refractivity contribution is 7.89. The van der Waals surface area contributed by atoms with Crippen molar-refractivity contribution in [2.24, 2.45) is 18.7 Å². The van der Waals surface area contributed by atoms with Crippen LogP contribution in [-0.2, 0) is 23.6 Å². The number of rotatable bonds is 8. The molecule has 110 valence electrons. The maximum Gasteiger partial charge on any atom is 0.242 e. The Bertz CT molecular complexity index is 492. The van der Waals surface area contributed by atoms with Crippen LogP contribution in [0.2, 0.25) is 0 Å². The van der Waals surface area contributed by atoms with Crippen LogP contribution in [0.3, 0.4) is 0 Å². The minimum atomic E-state index is -3.40. The van der Waals surface area contributed by atoms with E-state index in [-0.39, 0.29) is 0 Å². The Balaban J connectivity index is 2.51. The molecule has 0 amide bonds. The molecule has 1 aromatic heterocycles. The number of aryl methyl sites for hydroxylation is 1. The minimum absolute atomic E-state index is 0.291. The lowest BCUT2D eigenvalue weighted by atomic mass is 10.1. The molecular weight excluding hydrogens is 262 g/mol. The first kappa shape index (κ1) is 16.2. The van der Waals surface area contributed by atoms with Crippen LogP contribution in [0.4, 0.5) is 0 Å². The highest BCUT2D eigenvalue weighted by Gasteiger charge is 2.16. The molecule has 6 heteroatoms. The summed E-state index contributed by atoms with van der Waals surface area (Å²) in [5.41, 5.74) is 6.34. The molecule has 0 aliphatic heterocycles. The molecule has 3 N–H and O–H groups in total. The van der Waals surface area contributed by atoms with Crippen molar-refractivity contribution < 1.29 is 8.42 Å². The lowest BCUT2D eigenvalue weighted by Crippen LogP contribution is -2.24. The molecule has 0 aliphatic carbocycles. The quantitative estimate of drug-likeness (QED) is 0.713. The number of nitrogens with one attached hydrogen (secondary N) is 1. The van der Waals surface area contributed by atoms with Crippen molar-refractivity contribution in [1.82, 2.24) is 9.29 Å². The van der Waals surface area contributed by atoms with E-state index in [0.717, 1.165) is 25.0 Å². The first-order valence-electron chi connectivity index (χ1n) is 6.71. The summed E-state index contributed by atoms with van der Waals surface area (Å²) >= 11 is 0. The molecule has 0 fully saturated rings. The Morgan fingerprint density at radius 1 is 1.37 bits per heavy atom. The molecule has 0 radical (unpaired) electrons. The van der Waals surface area contributed by atoms with Gasteiger partial charge in [0.25, 0.3) is 0 Å². The summed E-state index contributed by atoms with van der Waals surface area (Å²) in [5, 5.41) is 0. The van der Waals surface area contributed by atoms with Gasteiger partial charge in [0, 0.05) is 32.0 Å². The average molecular weight is 287 g/mol. The summed E-state index contributed by atoms with van der Waals surface area (Å²) in [6.07, 6.45) is 4.64. The largest absolute Gasteiger partial charge is 0.352 e. The van der Waals surface area contributed by atoms with Gasteiger partial charge >= 0.3 is 0 Å². The lowest BCUT2D eigenvalue weighted by molar-refractivity contribution is 0.530. The predicted octanol–water partition coefficient (Wildman–Crippen LogP) is 1.59. The zero-order valence-corrected chi connectivity index (χ0v) is 12.8. The van der Waals surface area contributed by atoms with Crippen molar-refractivity contribution in [3.8, 4) is 0 Å². The number of nitrogens with zero attached hydrogens (tertiary/aromatic N) is 1. The fraction of sp³-hybridized carbons (Fsp3) is 0.692. The summed E-state index contributed by atoms with van der Waals surface area (Å²) < 4.78 is 28.5. The molecule has 0 aliphatic rings. The third kappa shape index (κ3) is 4.97. The average Bonchev–Trinajstić information content (AvgIpc) is 2.70. The zero-order valence-electron chi connectivity index (χ0n) is 12.0. The van der Waals surface area contributed by atoms with Crippen molar-refractivity contribution in [1.29, 1.82) is 0 Å². The smallest absolute Gasteiger partial charge is 0.242 e. The Hall–Kier alpha value is -0.850. The predicted molar refractivity (Wildman–Crippen MR) is 77.2 cm³/mol. The van der Waals surface area contributed by atoms with Gasteiger partial charge in [-0.2, -0.15) is 0 Å². The first-order chi connectivity index (χ1) is 8.86. The van der Waals surface area contributed by atoms with Gasteiger partial charge in [-0.3, -0.25) is 0 Å². The van der Waals surface area contributed by atoms with Gasteiger partial charge in [0.05, 0.1) is 4.90 Å². The van der Waals surface area contributed by atoms with Gasteiger partial charge in [-0.15, -0.1) is 0 Å². The number of hydrogen-bond acceptors (Lipinski definition) is 3. The van der Waals surface area contributed by atoms with E-state index in [9.17, 15) is 8.42 Å². The molecule has 0 bridgehead atoms. The number of hydrogen-bond donors (Lipinski definition) is 2. The van der Waals surface area contributed by atoms with Crippen LogP contribution in [0.1, 0.15) is 38.8 Å². The van der Waals surface area contributed by atoms with E-state index in [1.807, 2.05) is 0 Å². The summed E-state index contributed by atoms with van der Waals surface area (Å²) in [6.45, 7) is 5.16. The van der Waals surface area contributed by atoms with E-state index in [1.54, 1.807) is 23.9 Å². The van der Waals surface area contributed by atoms with Crippen LogP contribution < -0.4 is 10.5 Å². The third-order valence-electron chi connectivity index (χ3n) is 3.10. The minimum Gasteiger partial charge on any atom is -0.352 e. The number of aromatic nitrogens is 1. The van der Waals surface area contributed by atoms with Gasteiger partial charge in [0.15, 0.2) is 0 Å². The van der Waals surface area contributed by atoms with Crippen molar-refractivity contribution in [2.75, 3.05) is 6.54 Å². The fourth-order valence-electron chi connectivity index (χ4n) is 1.89. The van der Waals surface area contributed by atoms with Gasteiger partial charge in [0.2, 0.25) is 10.0 Å². The zero-order chi connectivity index (χ0) is 14.5. The summed E-state index contributed by atoms with van der Waals surface area (Å²) in [6, 6.07) is 1.62. The molecule has 1 aromatic rings. The van der Waals surface area contributed by atoms with E-state index >= 15 is 0 Å². The molecule has 0 aromatic carbocycles. The fourth-order valence-corrected chi connectivity index (χ4v) is 3.06. The van der Waals surface area contributed by atoms with Gasteiger partial charge in [0.1, 0.15) is 0 Å². The highest BCUT2D eigenvalue weighted by atomic mass is 32.2. The first-order valence-corrected chi connectivity index (χ1v) is 8.20. The van der Waals surface area contributed by atoms with Crippen molar-refractivity contribution in [3.63, 3.8) is 0 Å². The van der Waals surface area contributed by atoms with Crippen molar-refractivity contribution in [2.45, 2.75) is 44.6 Å². The molecule has 0 spiro atoms. The number of sulfonamides is 1. The lowest BCUT2D eigenvalue weighted by Gasteiger charge is -2.06. The maximum absolute atomic E-state index is 12.0. The third-order valence-corrected chi connectivity index (χ3v) is 4.53. The Labute approximate surface area is 116 Å². The monoisotopic (exact) mass is 287 g/mol. The van der Waals surface area contributed by atoms with E-state index in [1.165, 1.54) is 0 Å². The molecule has 1 heterocycles. The standard InChI is InChI=1S/C13H25N3O2S/c1-11(2)6-4-5-7-15-19(17,18)13-8-12(9-14)16(3)10-13/h8,10-11,15H,4-7,9,14H2,1-3H3. The van der Waals surface area contributed by atoms with Gasteiger partial charge in [-0.25, -0.2) is 13.1 Å². The molecule has 0 saturated carbocycles. The van der Waals surface area contributed by atoms with Crippen LogP contribution >= 0.6 is 0 Å². The second-order valence-electron chi connectivity index (χ2n) is 5.27. The molecule has 1 rings (SSSR count).